The molecule has 1 aromatic heterocycles. The summed E-state index contributed by atoms with van der Waals surface area (Å²) in [6.07, 6.45) is 2.68. The third kappa shape index (κ3) is 5.33. The molecule has 0 aliphatic heterocycles. The number of thiazole rings is 1. The van der Waals surface area contributed by atoms with Crippen LogP contribution in [0.25, 0.3) is 11.3 Å². The first kappa shape index (κ1) is 19.9. The molecule has 4 nitrogen and oxygen atoms in total. The van der Waals surface area contributed by atoms with Gasteiger partial charge >= 0.3 is 0 Å². The van der Waals surface area contributed by atoms with Crippen LogP contribution in [0.15, 0.2) is 90.0 Å². The van der Waals surface area contributed by atoms with E-state index < -0.39 is 0 Å². The van der Waals surface area contributed by atoms with Crippen LogP contribution in [0.5, 0.6) is 5.75 Å². The van der Waals surface area contributed by atoms with E-state index in [4.69, 9.17) is 4.74 Å². The number of nitrogens with one attached hydrogen (secondary N) is 1. The Labute approximate surface area is 180 Å². The molecular weight excluding hydrogens is 390 g/mol. The number of hydrogen-bond donors (Lipinski definition) is 1. The lowest BCUT2D eigenvalue weighted by Crippen LogP contribution is -2.01. The molecule has 150 valence electrons. The zero-order chi connectivity index (χ0) is 20.6. The van der Waals surface area contributed by atoms with E-state index in [0.29, 0.717) is 6.61 Å². The van der Waals surface area contributed by atoms with Gasteiger partial charge in [0, 0.05) is 16.9 Å². The number of benzene rings is 3. The zero-order valence-corrected chi connectivity index (χ0v) is 17.6. The second kappa shape index (κ2) is 9.85. The minimum atomic E-state index is 0.659. The van der Waals surface area contributed by atoms with Crippen molar-refractivity contribution in [3.63, 3.8) is 0 Å². The Balaban J connectivity index is 1.29. The van der Waals surface area contributed by atoms with Crippen LogP contribution in [-0.2, 0) is 6.42 Å². The molecule has 1 heterocycles. The minimum absolute atomic E-state index is 0.659. The summed E-state index contributed by atoms with van der Waals surface area (Å²) in [5, 5.41) is 5.10. The summed E-state index contributed by atoms with van der Waals surface area (Å²) in [6.45, 7) is 2.73. The number of hydrazone groups is 1. The van der Waals surface area contributed by atoms with Crippen molar-refractivity contribution in [1.82, 2.24) is 4.98 Å². The highest BCUT2D eigenvalue weighted by Gasteiger charge is 2.08. The molecule has 0 spiro atoms. The molecule has 4 aromatic rings. The molecular formula is C25H23N3OS. The molecule has 30 heavy (non-hydrogen) atoms. The Morgan fingerprint density at radius 1 is 0.933 bits per heavy atom. The zero-order valence-electron chi connectivity index (χ0n) is 16.8. The summed E-state index contributed by atoms with van der Waals surface area (Å²) in [7, 11) is 0. The molecule has 0 fully saturated rings. The van der Waals surface area contributed by atoms with Crippen molar-refractivity contribution in [1.29, 1.82) is 0 Å². The van der Waals surface area contributed by atoms with Crippen LogP contribution in [0, 0.1) is 6.92 Å². The molecule has 0 aliphatic carbocycles. The van der Waals surface area contributed by atoms with Crippen LogP contribution in [-0.4, -0.2) is 17.8 Å². The number of hydrogen-bond acceptors (Lipinski definition) is 5. The first-order valence-corrected chi connectivity index (χ1v) is 10.7. The van der Waals surface area contributed by atoms with Crippen molar-refractivity contribution in [2.24, 2.45) is 5.10 Å². The lowest BCUT2D eigenvalue weighted by molar-refractivity contribution is 0.322. The molecule has 0 bridgehead atoms. The summed E-state index contributed by atoms with van der Waals surface area (Å²) >= 11 is 1.60. The Morgan fingerprint density at radius 2 is 1.63 bits per heavy atom. The number of ether oxygens (including phenoxy) is 1. The lowest BCUT2D eigenvalue weighted by Gasteiger charge is -2.06. The van der Waals surface area contributed by atoms with Gasteiger partial charge in [0.1, 0.15) is 5.75 Å². The van der Waals surface area contributed by atoms with Gasteiger partial charge in [-0.05, 0) is 42.3 Å². The van der Waals surface area contributed by atoms with Crippen molar-refractivity contribution in [3.05, 3.63) is 101 Å². The van der Waals surface area contributed by atoms with Crippen LogP contribution in [0.3, 0.4) is 0 Å². The van der Waals surface area contributed by atoms with Crippen molar-refractivity contribution in [2.75, 3.05) is 12.0 Å². The maximum absolute atomic E-state index is 5.83. The van der Waals surface area contributed by atoms with Crippen LogP contribution < -0.4 is 10.2 Å². The predicted octanol–water partition coefficient (Wildman–Crippen LogP) is 6.19. The van der Waals surface area contributed by atoms with E-state index in [1.165, 1.54) is 5.56 Å². The van der Waals surface area contributed by atoms with E-state index in [0.717, 1.165) is 39.0 Å². The van der Waals surface area contributed by atoms with E-state index in [9.17, 15) is 0 Å². The van der Waals surface area contributed by atoms with E-state index in [1.807, 2.05) is 60.7 Å². The van der Waals surface area contributed by atoms with Crippen LogP contribution >= 0.6 is 11.3 Å². The largest absolute Gasteiger partial charge is 0.493 e. The van der Waals surface area contributed by atoms with Gasteiger partial charge in [0.2, 0.25) is 5.13 Å². The fraction of sp³-hybridized carbons (Fsp3) is 0.120. The van der Waals surface area contributed by atoms with Gasteiger partial charge in [-0.3, -0.25) is 5.43 Å². The number of rotatable bonds is 8. The van der Waals surface area contributed by atoms with E-state index in [-0.39, 0.29) is 0 Å². The average molecular weight is 414 g/mol. The molecule has 0 saturated heterocycles. The van der Waals surface area contributed by atoms with Gasteiger partial charge in [-0.2, -0.15) is 5.10 Å². The van der Waals surface area contributed by atoms with Gasteiger partial charge < -0.3 is 4.74 Å². The van der Waals surface area contributed by atoms with E-state index in [1.54, 1.807) is 17.6 Å². The highest BCUT2D eigenvalue weighted by Crippen LogP contribution is 2.30. The third-order valence-corrected chi connectivity index (χ3v) is 5.48. The Kier molecular flexibility index (Phi) is 6.52. The maximum atomic E-state index is 5.83. The number of nitrogens with zero attached hydrogens (tertiary/aromatic N) is 2. The number of aryl methyl sites for hydroxylation is 1. The van der Waals surface area contributed by atoms with Gasteiger partial charge in [0.05, 0.1) is 18.5 Å². The van der Waals surface area contributed by atoms with Crippen LogP contribution in [0.4, 0.5) is 5.13 Å². The molecule has 4 rings (SSSR count). The van der Waals surface area contributed by atoms with Crippen molar-refractivity contribution in [2.45, 2.75) is 13.3 Å². The average Bonchev–Trinajstić information content (AvgIpc) is 3.16. The first-order chi connectivity index (χ1) is 14.8. The molecule has 0 aliphatic rings. The van der Waals surface area contributed by atoms with Gasteiger partial charge in [-0.25, -0.2) is 4.98 Å². The SMILES string of the molecule is Cc1sc(N/N=C/c2ccc(OCCc3ccccc3)cc2)nc1-c1ccccc1. The summed E-state index contributed by atoms with van der Waals surface area (Å²) in [4.78, 5) is 5.82. The van der Waals surface area contributed by atoms with Gasteiger partial charge in [0.15, 0.2) is 0 Å². The van der Waals surface area contributed by atoms with Crippen molar-refractivity contribution >= 4 is 22.7 Å². The molecule has 1 N–H and O–H groups in total. The number of anilines is 1. The second-order valence-electron chi connectivity index (χ2n) is 6.81. The Morgan fingerprint density at radius 3 is 2.37 bits per heavy atom. The molecule has 0 radical (unpaired) electrons. The maximum Gasteiger partial charge on any atom is 0.204 e. The normalized spacial score (nSPS) is 11.0. The molecule has 0 saturated carbocycles. The van der Waals surface area contributed by atoms with Gasteiger partial charge in [-0.15, -0.1) is 11.3 Å². The van der Waals surface area contributed by atoms with Gasteiger partial charge in [0.25, 0.3) is 0 Å². The topological polar surface area (TPSA) is 46.5 Å². The summed E-state index contributed by atoms with van der Waals surface area (Å²) in [5.41, 5.74) is 7.42. The Hall–Kier alpha value is -3.44. The fourth-order valence-electron chi connectivity index (χ4n) is 3.05. The van der Waals surface area contributed by atoms with Crippen molar-refractivity contribution in [3.8, 4) is 17.0 Å². The van der Waals surface area contributed by atoms with Crippen LogP contribution in [0.1, 0.15) is 16.0 Å². The van der Waals surface area contributed by atoms with Gasteiger partial charge in [-0.1, -0.05) is 60.7 Å². The predicted molar refractivity (Wildman–Crippen MR) is 126 cm³/mol. The molecule has 3 aromatic carbocycles. The fourth-order valence-corrected chi connectivity index (χ4v) is 3.84. The summed E-state index contributed by atoms with van der Waals surface area (Å²) in [5.74, 6) is 0.860. The highest BCUT2D eigenvalue weighted by molar-refractivity contribution is 7.15. The second-order valence-corrected chi connectivity index (χ2v) is 8.02. The van der Waals surface area contributed by atoms with Crippen LogP contribution in [0.2, 0.25) is 0 Å². The highest BCUT2D eigenvalue weighted by atomic mass is 32.1. The summed E-state index contributed by atoms with van der Waals surface area (Å²) in [6, 6.07) is 28.5. The quantitative estimate of drug-likeness (QED) is 0.277. The Bertz CT molecular complexity index is 1090. The van der Waals surface area contributed by atoms with E-state index in [2.05, 4.69) is 46.7 Å². The molecule has 5 heteroatoms. The summed E-state index contributed by atoms with van der Waals surface area (Å²) < 4.78 is 5.83. The third-order valence-electron chi connectivity index (χ3n) is 4.60. The van der Waals surface area contributed by atoms with Crippen molar-refractivity contribution < 1.29 is 4.74 Å². The molecule has 0 amide bonds. The minimum Gasteiger partial charge on any atom is -0.493 e. The monoisotopic (exact) mass is 413 g/mol. The number of aromatic nitrogens is 1. The first-order valence-electron chi connectivity index (χ1n) is 9.87. The molecule has 0 unspecified atom stereocenters. The smallest absolute Gasteiger partial charge is 0.204 e. The molecule has 0 atom stereocenters. The lowest BCUT2D eigenvalue weighted by atomic mass is 10.1. The standard InChI is InChI=1S/C25H23N3OS/c1-19-24(22-10-6-3-7-11-22)27-25(30-19)28-26-18-21-12-14-23(15-13-21)29-17-16-20-8-4-2-5-9-20/h2-15,18H,16-17H2,1H3,(H,27,28)/b26-18+. The van der Waals surface area contributed by atoms with E-state index >= 15 is 0 Å².